The minimum Gasteiger partial charge on any atom is -0.310 e. The third-order valence-corrected chi connectivity index (χ3v) is 5.08. The fourth-order valence-corrected chi connectivity index (χ4v) is 3.61. The van der Waals surface area contributed by atoms with Crippen LogP contribution in [-0.2, 0) is 4.79 Å². The second-order valence-electron chi connectivity index (χ2n) is 6.27. The Morgan fingerprint density at radius 2 is 1.85 bits per heavy atom. The van der Waals surface area contributed by atoms with E-state index in [1.165, 1.54) is 0 Å². The Morgan fingerprint density at radius 3 is 2.54 bits per heavy atom. The van der Waals surface area contributed by atoms with E-state index in [4.69, 9.17) is 0 Å². The second-order valence-corrected chi connectivity index (χ2v) is 7.19. The molecular weight excluding hydrogens is 394 g/mol. The first-order valence-corrected chi connectivity index (χ1v) is 9.08. The van der Waals surface area contributed by atoms with Crippen molar-refractivity contribution < 1.29 is 9.59 Å². The summed E-state index contributed by atoms with van der Waals surface area (Å²) in [6, 6.07) is 16.7. The Bertz CT molecular complexity index is 994. The van der Waals surface area contributed by atoms with Gasteiger partial charge in [0.25, 0.3) is 0 Å². The first-order valence-electron chi connectivity index (χ1n) is 8.29. The lowest BCUT2D eigenvalue weighted by Crippen LogP contribution is -2.28. The summed E-state index contributed by atoms with van der Waals surface area (Å²) in [4.78, 5) is 25.3. The van der Waals surface area contributed by atoms with E-state index in [1.807, 2.05) is 49.4 Å². The van der Waals surface area contributed by atoms with E-state index in [2.05, 4.69) is 26.3 Å². The lowest BCUT2D eigenvalue weighted by atomic mass is 9.85. The number of aryl methyl sites for hydroxylation is 1. The summed E-state index contributed by atoms with van der Waals surface area (Å²) in [5.41, 5.74) is 2.97. The molecule has 130 valence electrons. The molecule has 0 spiro atoms. The number of amides is 1. The number of aromatic nitrogens is 2. The molecule has 0 bridgehead atoms. The summed E-state index contributed by atoms with van der Waals surface area (Å²) >= 11 is 3.42. The van der Waals surface area contributed by atoms with E-state index < -0.39 is 5.92 Å². The number of fused-ring (bicyclic) bond motifs is 1. The normalized spacial score (nSPS) is 16.1. The van der Waals surface area contributed by atoms with E-state index in [1.54, 1.807) is 16.8 Å². The molecule has 0 saturated heterocycles. The number of rotatable bonds is 3. The van der Waals surface area contributed by atoms with Gasteiger partial charge in [0.2, 0.25) is 5.91 Å². The Kier molecular flexibility index (Phi) is 4.20. The molecule has 4 rings (SSSR count). The van der Waals surface area contributed by atoms with Crippen LogP contribution in [0.5, 0.6) is 0 Å². The van der Waals surface area contributed by atoms with Crippen LogP contribution in [0, 0.1) is 6.92 Å². The van der Waals surface area contributed by atoms with Gasteiger partial charge >= 0.3 is 0 Å². The minimum atomic E-state index is -0.523. The number of carbonyl (C=O) groups excluding carboxylic acids is 2. The van der Waals surface area contributed by atoms with Crippen LogP contribution < -0.4 is 5.32 Å². The van der Waals surface area contributed by atoms with Gasteiger partial charge in [-0.25, -0.2) is 4.68 Å². The molecule has 1 aromatic heterocycles. The smallest absolute Gasteiger partial charge is 0.226 e. The standard InChI is InChI=1S/C20H16BrN3O2/c1-12-18-16(19(26)13-5-3-2-4-6-13)11-17(25)22-20(18)24(23-12)15-9-7-14(21)8-10-15/h2-10,16H,11H2,1H3,(H,22,25). The molecule has 6 heteroatoms. The van der Waals surface area contributed by atoms with Gasteiger partial charge in [-0.15, -0.1) is 0 Å². The van der Waals surface area contributed by atoms with Gasteiger partial charge in [0.15, 0.2) is 5.78 Å². The molecule has 0 fully saturated rings. The number of halogens is 1. The quantitative estimate of drug-likeness (QED) is 0.657. The van der Waals surface area contributed by atoms with Crippen LogP contribution in [0.25, 0.3) is 5.69 Å². The largest absolute Gasteiger partial charge is 0.310 e. The van der Waals surface area contributed by atoms with Gasteiger partial charge in [0.05, 0.1) is 17.3 Å². The third kappa shape index (κ3) is 2.86. The van der Waals surface area contributed by atoms with E-state index in [0.717, 1.165) is 21.4 Å². The Labute approximate surface area is 159 Å². The molecule has 1 unspecified atom stereocenters. The molecule has 0 saturated carbocycles. The molecule has 2 aromatic carbocycles. The molecule has 26 heavy (non-hydrogen) atoms. The summed E-state index contributed by atoms with van der Waals surface area (Å²) in [6.07, 6.45) is 0.133. The van der Waals surface area contributed by atoms with E-state index >= 15 is 0 Å². The number of Topliss-reactive ketones (excluding diaryl/α,β-unsaturated/α-hetero) is 1. The number of hydrogen-bond acceptors (Lipinski definition) is 3. The maximum Gasteiger partial charge on any atom is 0.226 e. The number of anilines is 1. The second kappa shape index (κ2) is 6.53. The van der Waals surface area contributed by atoms with E-state index in [0.29, 0.717) is 11.4 Å². The lowest BCUT2D eigenvalue weighted by Gasteiger charge is -2.23. The molecule has 0 radical (unpaired) electrons. The van der Waals surface area contributed by atoms with Gasteiger partial charge in [-0.2, -0.15) is 5.10 Å². The van der Waals surface area contributed by atoms with Gasteiger partial charge in [-0.3, -0.25) is 9.59 Å². The van der Waals surface area contributed by atoms with Crippen molar-refractivity contribution in [2.75, 3.05) is 5.32 Å². The zero-order chi connectivity index (χ0) is 18.3. The molecular formula is C20H16BrN3O2. The number of carbonyl (C=O) groups is 2. The monoisotopic (exact) mass is 409 g/mol. The molecule has 2 heterocycles. The Balaban J connectivity index is 1.82. The van der Waals surface area contributed by atoms with Crippen molar-refractivity contribution in [3.8, 4) is 5.69 Å². The van der Waals surface area contributed by atoms with E-state index in [-0.39, 0.29) is 18.1 Å². The average Bonchev–Trinajstić information content (AvgIpc) is 2.98. The van der Waals surface area contributed by atoms with Crippen LogP contribution in [0.4, 0.5) is 5.82 Å². The maximum absolute atomic E-state index is 13.0. The third-order valence-electron chi connectivity index (χ3n) is 4.55. The summed E-state index contributed by atoms with van der Waals surface area (Å²) in [7, 11) is 0. The minimum absolute atomic E-state index is 0.0554. The number of hydrogen-bond donors (Lipinski definition) is 1. The van der Waals surface area contributed by atoms with Gasteiger partial charge in [0.1, 0.15) is 5.82 Å². The summed E-state index contributed by atoms with van der Waals surface area (Å²) in [6.45, 7) is 1.87. The fourth-order valence-electron chi connectivity index (χ4n) is 3.34. The predicted molar refractivity (Wildman–Crippen MR) is 103 cm³/mol. The number of nitrogens with zero attached hydrogens (tertiary/aromatic N) is 2. The van der Waals surface area contributed by atoms with Crippen LogP contribution in [0.15, 0.2) is 59.1 Å². The van der Waals surface area contributed by atoms with Gasteiger partial charge in [-0.05, 0) is 31.2 Å². The van der Waals surface area contributed by atoms with Crippen molar-refractivity contribution in [1.82, 2.24) is 9.78 Å². The topological polar surface area (TPSA) is 64.0 Å². The molecule has 1 aliphatic rings. The van der Waals surface area contributed by atoms with Crippen molar-refractivity contribution in [1.29, 1.82) is 0 Å². The Morgan fingerprint density at radius 1 is 1.15 bits per heavy atom. The number of ketones is 1. The van der Waals surface area contributed by atoms with Crippen molar-refractivity contribution in [2.45, 2.75) is 19.3 Å². The maximum atomic E-state index is 13.0. The van der Waals surface area contributed by atoms with Crippen LogP contribution in [0.1, 0.15) is 34.0 Å². The fraction of sp³-hybridized carbons (Fsp3) is 0.150. The zero-order valence-corrected chi connectivity index (χ0v) is 15.7. The summed E-state index contributed by atoms with van der Waals surface area (Å²) in [5, 5.41) is 7.48. The molecule has 1 atom stereocenters. The van der Waals surface area contributed by atoms with Crippen LogP contribution >= 0.6 is 15.9 Å². The van der Waals surface area contributed by atoms with Crippen molar-refractivity contribution in [2.24, 2.45) is 0 Å². The van der Waals surface area contributed by atoms with Crippen LogP contribution in [0.3, 0.4) is 0 Å². The van der Waals surface area contributed by atoms with Crippen molar-refractivity contribution in [3.63, 3.8) is 0 Å². The zero-order valence-electron chi connectivity index (χ0n) is 14.1. The SMILES string of the molecule is Cc1nn(-c2ccc(Br)cc2)c2c1C(C(=O)c1ccccc1)CC(=O)N2. The van der Waals surface area contributed by atoms with E-state index in [9.17, 15) is 9.59 Å². The highest BCUT2D eigenvalue weighted by atomic mass is 79.9. The first-order chi connectivity index (χ1) is 12.5. The molecule has 5 nitrogen and oxygen atoms in total. The Hall–Kier alpha value is -2.73. The van der Waals surface area contributed by atoms with Crippen LogP contribution in [-0.4, -0.2) is 21.5 Å². The average molecular weight is 410 g/mol. The van der Waals surface area contributed by atoms with Gasteiger partial charge in [-0.1, -0.05) is 46.3 Å². The number of benzene rings is 2. The highest BCUT2D eigenvalue weighted by molar-refractivity contribution is 9.10. The predicted octanol–water partition coefficient (Wildman–Crippen LogP) is 4.25. The number of nitrogens with one attached hydrogen (secondary N) is 1. The lowest BCUT2D eigenvalue weighted by molar-refractivity contribution is -0.116. The molecule has 3 aromatic rings. The molecule has 1 amide bonds. The molecule has 1 aliphatic heterocycles. The summed E-state index contributed by atoms with van der Waals surface area (Å²) < 4.78 is 2.65. The van der Waals surface area contributed by atoms with Gasteiger partial charge < -0.3 is 5.32 Å². The van der Waals surface area contributed by atoms with Crippen molar-refractivity contribution >= 4 is 33.4 Å². The van der Waals surface area contributed by atoms with Crippen LogP contribution in [0.2, 0.25) is 0 Å². The molecule has 0 aliphatic carbocycles. The molecule has 1 N–H and O–H groups in total. The van der Waals surface area contributed by atoms with Gasteiger partial charge in [0, 0.05) is 22.0 Å². The highest BCUT2D eigenvalue weighted by Crippen LogP contribution is 2.38. The first kappa shape index (κ1) is 16.7. The highest BCUT2D eigenvalue weighted by Gasteiger charge is 2.36. The summed E-state index contributed by atoms with van der Waals surface area (Å²) in [5.74, 6) is -0.175. The van der Waals surface area contributed by atoms with Crippen molar-refractivity contribution in [3.05, 3.63) is 75.9 Å².